The largest absolute Gasteiger partial charge is 0.161 e. The van der Waals surface area contributed by atoms with Gasteiger partial charge in [0.15, 0.2) is 0 Å². The molecule has 0 bridgehead atoms. The van der Waals surface area contributed by atoms with Crippen LogP contribution in [0.2, 0.25) is 0 Å². The SMILES string of the molecule is CCCCSCCSc1ccccc1. The maximum atomic E-state index is 2.25. The predicted octanol–water partition coefficient (Wildman–Crippen LogP) is 4.31. The van der Waals surface area contributed by atoms with E-state index in [1.165, 1.54) is 35.0 Å². The van der Waals surface area contributed by atoms with E-state index in [0.717, 1.165) is 0 Å². The minimum absolute atomic E-state index is 1.23. The van der Waals surface area contributed by atoms with E-state index in [4.69, 9.17) is 0 Å². The number of thioether (sulfide) groups is 2. The van der Waals surface area contributed by atoms with Crippen molar-refractivity contribution < 1.29 is 0 Å². The van der Waals surface area contributed by atoms with Crippen LogP contribution in [0.5, 0.6) is 0 Å². The van der Waals surface area contributed by atoms with Crippen LogP contribution in [0.3, 0.4) is 0 Å². The van der Waals surface area contributed by atoms with Gasteiger partial charge in [0.05, 0.1) is 0 Å². The van der Waals surface area contributed by atoms with E-state index in [1.54, 1.807) is 0 Å². The number of unbranched alkanes of at least 4 members (excludes halogenated alkanes) is 1. The number of rotatable bonds is 7. The summed E-state index contributed by atoms with van der Waals surface area (Å²) in [5.74, 6) is 3.84. The van der Waals surface area contributed by atoms with Crippen molar-refractivity contribution in [1.29, 1.82) is 0 Å². The smallest absolute Gasteiger partial charge is 0.00722 e. The Kier molecular flexibility index (Phi) is 7.06. The lowest BCUT2D eigenvalue weighted by atomic mass is 10.4. The van der Waals surface area contributed by atoms with Gasteiger partial charge in [0.25, 0.3) is 0 Å². The molecule has 2 heteroatoms. The van der Waals surface area contributed by atoms with Crippen LogP contribution in [0.4, 0.5) is 0 Å². The third-order valence-electron chi connectivity index (χ3n) is 1.88. The molecule has 0 aliphatic rings. The lowest BCUT2D eigenvalue weighted by Gasteiger charge is -2.01. The molecule has 0 atom stereocenters. The van der Waals surface area contributed by atoms with Crippen molar-refractivity contribution in [3.05, 3.63) is 30.3 Å². The molecule has 1 rings (SSSR count). The molecule has 1 aromatic carbocycles. The molecule has 0 unspecified atom stereocenters. The Morgan fingerprint density at radius 1 is 1.00 bits per heavy atom. The zero-order valence-electron chi connectivity index (χ0n) is 8.74. The second-order valence-electron chi connectivity index (χ2n) is 3.13. The van der Waals surface area contributed by atoms with Crippen molar-refractivity contribution in [2.45, 2.75) is 24.7 Å². The molecule has 0 aliphatic carbocycles. The molecule has 0 aliphatic heterocycles. The molecule has 0 radical (unpaired) electrons. The maximum Gasteiger partial charge on any atom is 0.00722 e. The van der Waals surface area contributed by atoms with E-state index in [9.17, 15) is 0 Å². The zero-order valence-corrected chi connectivity index (χ0v) is 10.4. The molecule has 0 spiro atoms. The molecule has 0 saturated heterocycles. The molecule has 0 amide bonds. The fourth-order valence-corrected chi connectivity index (χ4v) is 3.17. The van der Waals surface area contributed by atoms with Crippen LogP contribution in [-0.2, 0) is 0 Å². The zero-order chi connectivity index (χ0) is 10.1. The highest BCUT2D eigenvalue weighted by Crippen LogP contribution is 2.18. The van der Waals surface area contributed by atoms with E-state index < -0.39 is 0 Å². The molecular weight excluding hydrogens is 208 g/mol. The van der Waals surface area contributed by atoms with Gasteiger partial charge in [-0.05, 0) is 24.3 Å². The Morgan fingerprint density at radius 2 is 1.79 bits per heavy atom. The second kappa shape index (κ2) is 8.25. The third-order valence-corrected chi connectivity index (χ3v) is 4.22. The van der Waals surface area contributed by atoms with Crippen LogP contribution in [0.1, 0.15) is 19.8 Å². The van der Waals surface area contributed by atoms with Crippen molar-refractivity contribution in [2.75, 3.05) is 17.3 Å². The Balaban J connectivity index is 1.99. The summed E-state index contributed by atoms with van der Waals surface area (Å²) >= 11 is 4.03. The average molecular weight is 226 g/mol. The summed E-state index contributed by atoms with van der Waals surface area (Å²) in [7, 11) is 0. The van der Waals surface area contributed by atoms with Crippen LogP contribution >= 0.6 is 23.5 Å². The van der Waals surface area contributed by atoms with Gasteiger partial charge in [0.1, 0.15) is 0 Å². The van der Waals surface area contributed by atoms with Gasteiger partial charge in [-0.1, -0.05) is 31.5 Å². The first-order chi connectivity index (χ1) is 6.93. The third kappa shape index (κ3) is 5.61. The van der Waals surface area contributed by atoms with Crippen molar-refractivity contribution in [3.63, 3.8) is 0 Å². The highest BCUT2D eigenvalue weighted by molar-refractivity contribution is 8.02. The van der Waals surface area contributed by atoms with E-state index >= 15 is 0 Å². The Hall–Kier alpha value is -0.0800. The monoisotopic (exact) mass is 226 g/mol. The summed E-state index contributed by atoms with van der Waals surface area (Å²) in [6.45, 7) is 2.25. The standard InChI is InChI=1S/C12H18S2/c1-2-3-9-13-10-11-14-12-7-5-4-6-8-12/h4-8H,2-3,9-11H2,1H3. The van der Waals surface area contributed by atoms with E-state index in [-0.39, 0.29) is 0 Å². The maximum absolute atomic E-state index is 2.25. The van der Waals surface area contributed by atoms with Gasteiger partial charge in [-0.15, -0.1) is 11.8 Å². The first-order valence-corrected chi connectivity index (χ1v) is 7.33. The first-order valence-electron chi connectivity index (χ1n) is 5.19. The van der Waals surface area contributed by atoms with Gasteiger partial charge < -0.3 is 0 Å². The molecule has 1 aromatic rings. The summed E-state index contributed by atoms with van der Waals surface area (Å²) in [6.07, 6.45) is 2.68. The average Bonchev–Trinajstić information content (AvgIpc) is 2.25. The number of hydrogen-bond donors (Lipinski definition) is 0. The van der Waals surface area contributed by atoms with Gasteiger partial charge in [-0.2, -0.15) is 11.8 Å². The quantitative estimate of drug-likeness (QED) is 0.502. The normalized spacial score (nSPS) is 10.4. The van der Waals surface area contributed by atoms with Crippen molar-refractivity contribution in [1.82, 2.24) is 0 Å². The summed E-state index contributed by atoms with van der Waals surface area (Å²) in [5, 5.41) is 0. The van der Waals surface area contributed by atoms with Crippen molar-refractivity contribution in [2.24, 2.45) is 0 Å². The molecule has 0 aromatic heterocycles. The molecule has 0 saturated carbocycles. The highest BCUT2D eigenvalue weighted by Gasteiger charge is 1.92. The second-order valence-corrected chi connectivity index (χ2v) is 5.52. The lowest BCUT2D eigenvalue weighted by Crippen LogP contribution is -1.86. The number of hydrogen-bond acceptors (Lipinski definition) is 2. The molecular formula is C12H18S2. The number of benzene rings is 1. The summed E-state index contributed by atoms with van der Waals surface area (Å²) in [6, 6.07) is 10.6. The van der Waals surface area contributed by atoms with Crippen LogP contribution in [0.25, 0.3) is 0 Å². The van der Waals surface area contributed by atoms with E-state index in [1.807, 2.05) is 11.8 Å². The molecule has 14 heavy (non-hydrogen) atoms. The topological polar surface area (TPSA) is 0 Å². The van der Waals surface area contributed by atoms with Gasteiger partial charge in [0.2, 0.25) is 0 Å². The van der Waals surface area contributed by atoms with Crippen molar-refractivity contribution >= 4 is 23.5 Å². The van der Waals surface area contributed by atoms with Gasteiger partial charge >= 0.3 is 0 Å². The fraction of sp³-hybridized carbons (Fsp3) is 0.500. The van der Waals surface area contributed by atoms with Gasteiger partial charge in [-0.25, -0.2) is 0 Å². The molecule has 0 heterocycles. The Morgan fingerprint density at radius 3 is 2.50 bits per heavy atom. The van der Waals surface area contributed by atoms with Crippen LogP contribution in [0.15, 0.2) is 35.2 Å². The molecule has 0 nitrogen and oxygen atoms in total. The summed E-state index contributed by atoms with van der Waals surface area (Å²) in [5.41, 5.74) is 0. The fourth-order valence-electron chi connectivity index (χ4n) is 1.08. The van der Waals surface area contributed by atoms with Crippen molar-refractivity contribution in [3.8, 4) is 0 Å². The highest BCUT2D eigenvalue weighted by atomic mass is 32.2. The minimum Gasteiger partial charge on any atom is -0.161 e. The Bertz CT molecular complexity index is 221. The van der Waals surface area contributed by atoms with Crippen LogP contribution in [0, 0.1) is 0 Å². The lowest BCUT2D eigenvalue weighted by molar-refractivity contribution is 0.896. The van der Waals surface area contributed by atoms with Crippen LogP contribution < -0.4 is 0 Å². The first kappa shape index (κ1) is 12.0. The van der Waals surface area contributed by atoms with E-state index in [2.05, 4.69) is 49.0 Å². The molecule has 78 valence electrons. The van der Waals surface area contributed by atoms with Gasteiger partial charge in [-0.3, -0.25) is 0 Å². The summed E-state index contributed by atoms with van der Waals surface area (Å²) in [4.78, 5) is 1.39. The minimum atomic E-state index is 1.23. The summed E-state index contributed by atoms with van der Waals surface area (Å²) < 4.78 is 0. The van der Waals surface area contributed by atoms with Gasteiger partial charge in [0, 0.05) is 16.4 Å². The molecule has 0 fully saturated rings. The Labute approximate surface area is 95.9 Å². The predicted molar refractivity (Wildman–Crippen MR) is 69.4 cm³/mol. The molecule has 0 N–H and O–H groups in total. The van der Waals surface area contributed by atoms with E-state index in [0.29, 0.717) is 0 Å². The van der Waals surface area contributed by atoms with Crippen LogP contribution in [-0.4, -0.2) is 17.3 Å².